The maximum Gasteiger partial charge on any atom is 0.537 e. The normalized spacial score (nSPS) is 5.50. The molecule has 0 saturated heterocycles. The average molecular weight is 143 g/mol. The Bertz CT molecular complexity index is 42.8. The zero-order valence-electron chi connectivity index (χ0n) is 2.92. The fraction of sp³-hybridized carbons (Fsp3) is 0. The van der Waals surface area contributed by atoms with Crippen molar-refractivity contribution >= 4 is 6.16 Å². The molecule has 0 aliphatic rings. The van der Waals surface area contributed by atoms with Gasteiger partial charge < -0.3 is 5.11 Å². The average Bonchev–Trinajstić information content (AvgIpc) is 1.38. The Labute approximate surface area is 46.4 Å². The van der Waals surface area contributed by atoms with E-state index in [4.69, 9.17) is 15.2 Å². The molecular formula is CH2O4Zn. The van der Waals surface area contributed by atoms with Gasteiger partial charge in [-0.1, -0.05) is 0 Å². The van der Waals surface area contributed by atoms with E-state index in [9.17, 15) is 0 Å². The second-order valence-corrected chi connectivity index (χ2v) is 0.357. The van der Waals surface area contributed by atoms with Crippen LogP contribution in [0.3, 0.4) is 0 Å². The third-order valence-corrected chi connectivity index (χ3v) is 0.0781. The predicted octanol–water partition coefficient (Wildman–Crippen LogP) is 0.151. The zero-order valence-corrected chi connectivity index (χ0v) is 5.89. The summed E-state index contributed by atoms with van der Waals surface area (Å²) in [5.74, 6) is 0. The van der Waals surface area contributed by atoms with E-state index in [2.05, 4.69) is 4.89 Å². The van der Waals surface area contributed by atoms with Gasteiger partial charge in [0.2, 0.25) is 0 Å². The first-order chi connectivity index (χ1) is 2.27. The molecule has 2 N–H and O–H groups in total. The van der Waals surface area contributed by atoms with Crippen LogP contribution in [0.4, 0.5) is 4.79 Å². The summed E-state index contributed by atoms with van der Waals surface area (Å²) < 4.78 is 0. The first-order valence-corrected chi connectivity index (χ1v) is 0.814. The maximum atomic E-state index is 8.90. The van der Waals surface area contributed by atoms with Gasteiger partial charge in [-0.05, 0) is 0 Å². The van der Waals surface area contributed by atoms with Crippen LogP contribution in [-0.2, 0) is 24.4 Å². The standard InChI is InChI=1S/CH2O4.Zn/c2-1(3)5-4;/h4H,(H,2,3);. The Morgan fingerprint density at radius 1 is 1.67 bits per heavy atom. The number of rotatable bonds is 0. The van der Waals surface area contributed by atoms with E-state index in [1.54, 1.807) is 0 Å². The van der Waals surface area contributed by atoms with Gasteiger partial charge in [-0.3, -0.25) is 4.89 Å². The molecule has 0 unspecified atom stereocenters. The van der Waals surface area contributed by atoms with Gasteiger partial charge in [0.15, 0.2) is 0 Å². The summed E-state index contributed by atoms with van der Waals surface area (Å²) in [5, 5.41) is 14.3. The molecule has 0 atom stereocenters. The minimum atomic E-state index is -1.69. The Hall–Kier alpha value is -0.147. The van der Waals surface area contributed by atoms with E-state index in [0.717, 1.165) is 0 Å². The van der Waals surface area contributed by atoms with Crippen LogP contribution in [0, 0.1) is 0 Å². The zero-order chi connectivity index (χ0) is 4.28. The van der Waals surface area contributed by atoms with Gasteiger partial charge in [0.25, 0.3) is 0 Å². The van der Waals surface area contributed by atoms with Crippen molar-refractivity contribution in [1.29, 1.82) is 0 Å². The van der Waals surface area contributed by atoms with Gasteiger partial charge in [0.05, 0.1) is 0 Å². The summed E-state index contributed by atoms with van der Waals surface area (Å²) in [6.07, 6.45) is -1.69. The first kappa shape index (κ1) is 9.29. The molecule has 0 aromatic carbocycles. The van der Waals surface area contributed by atoms with Crippen molar-refractivity contribution in [3.63, 3.8) is 0 Å². The molecule has 0 rings (SSSR count). The summed E-state index contributed by atoms with van der Waals surface area (Å²) >= 11 is 0. The molecule has 0 spiro atoms. The molecule has 6 heavy (non-hydrogen) atoms. The van der Waals surface area contributed by atoms with E-state index < -0.39 is 6.16 Å². The van der Waals surface area contributed by atoms with E-state index in [-0.39, 0.29) is 19.5 Å². The second-order valence-electron chi connectivity index (χ2n) is 0.357. The minimum Gasteiger partial charge on any atom is -0.448 e. The summed E-state index contributed by atoms with van der Waals surface area (Å²) in [5.41, 5.74) is 0. The van der Waals surface area contributed by atoms with Gasteiger partial charge in [-0.25, -0.2) is 4.79 Å². The molecule has 0 aliphatic carbocycles. The molecule has 0 bridgehead atoms. The monoisotopic (exact) mass is 142 g/mol. The molecule has 0 fully saturated rings. The first-order valence-electron chi connectivity index (χ1n) is 0.814. The smallest absolute Gasteiger partial charge is 0.448 e. The summed E-state index contributed by atoms with van der Waals surface area (Å²) in [4.78, 5) is 11.6. The van der Waals surface area contributed by atoms with Crippen LogP contribution in [-0.4, -0.2) is 16.5 Å². The molecule has 5 heteroatoms. The maximum absolute atomic E-state index is 8.90. The Morgan fingerprint density at radius 2 is 1.83 bits per heavy atom. The summed E-state index contributed by atoms with van der Waals surface area (Å²) in [6, 6.07) is 0. The number of carbonyl (C=O) groups is 1. The van der Waals surface area contributed by atoms with Crippen LogP contribution >= 0.6 is 0 Å². The van der Waals surface area contributed by atoms with Crippen LogP contribution < -0.4 is 0 Å². The Morgan fingerprint density at radius 3 is 1.83 bits per heavy atom. The number of hydrogen-bond acceptors (Lipinski definition) is 3. The van der Waals surface area contributed by atoms with E-state index in [1.165, 1.54) is 0 Å². The van der Waals surface area contributed by atoms with Crippen LogP contribution in [0.1, 0.15) is 0 Å². The van der Waals surface area contributed by atoms with E-state index in [0.29, 0.717) is 0 Å². The second kappa shape index (κ2) is 4.85. The molecule has 0 amide bonds. The van der Waals surface area contributed by atoms with Crippen LogP contribution in [0.15, 0.2) is 0 Å². The molecule has 0 aromatic heterocycles. The van der Waals surface area contributed by atoms with Gasteiger partial charge in [-0.15, -0.1) is 0 Å². The topological polar surface area (TPSA) is 66.8 Å². The van der Waals surface area contributed by atoms with Crippen LogP contribution in [0.2, 0.25) is 0 Å². The van der Waals surface area contributed by atoms with Crippen molar-refractivity contribution in [2.75, 3.05) is 0 Å². The minimum absolute atomic E-state index is 0. The fourth-order valence-corrected chi connectivity index (χ4v) is 0. The van der Waals surface area contributed by atoms with Crippen molar-refractivity contribution in [3.05, 3.63) is 0 Å². The van der Waals surface area contributed by atoms with Crippen LogP contribution in [0.25, 0.3) is 0 Å². The SMILES string of the molecule is O=C(O)OO.[Zn]. The van der Waals surface area contributed by atoms with Crippen molar-refractivity contribution in [2.24, 2.45) is 0 Å². The number of hydrogen-bond donors (Lipinski definition) is 2. The molecule has 0 saturated carbocycles. The summed E-state index contributed by atoms with van der Waals surface area (Å²) in [6.45, 7) is 0. The molecule has 0 aliphatic heterocycles. The molecule has 0 radical (unpaired) electrons. The predicted molar refractivity (Wildman–Crippen MR) is 11.7 cm³/mol. The van der Waals surface area contributed by atoms with Gasteiger partial charge in [0, 0.05) is 19.5 Å². The fourth-order valence-electron chi connectivity index (χ4n) is 0. The van der Waals surface area contributed by atoms with Crippen LogP contribution in [0.5, 0.6) is 0 Å². The summed E-state index contributed by atoms with van der Waals surface area (Å²) in [7, 11) is 0. The largest absolute Gasteiger partial charge is 0.537 e. The van der Waals surface area contributed by atoms with E-state index in [1.807, 2.05) is 0 Å². The van der Waals surface area contributed by atoms with Crippen molar-refractivity contribution in [3.8, 4) is 0 Å². The van der Waals surface area contributed by atoms with Crippen molar-refractivity contribution in [2.45, 2.75) is 0 Å². The van der Waals surface area contributed by atoms with Crippen molar-refractivity contribution < 1.29 is 39.5 Å². The third kappa shape index (κ3) is 9.13. The van der Waals surface area contributed by atoms with Gasteiger partial charge in [0.1, 0.15) is 0 Å². The molecule has 32 valence electrons. The molecule has 4 nitrogen and oxygen atoms in total. The van der Waals surface area contributed by atoms with E-state index >= 15 is 0 Å². The van der Waals surface area contributed by atoms with Gasteiger partial charge >= 0.3 is 6.16 Å². The number of carboxylic acid groups (broad SMARTS) is 1. The quantitative estimate of drug-likeness (QED) is 0.288. The Balaban J connectivity index is 0. The van der Waals surface area contributed by atoms with Gasteiger partial charge in [-0.2, -0.15) is 5.26 Å². The molecule has 0 aromatic rings. The molecular weight excluding hydrogens is 141 g/mol. The third-order valence-electron chi connectivity index (χ3n) is 0.0781. The Kier molecular flexibility index (Phi) is 7.51. The molecule has 0 heterocycles. The van der Waals surface area contributed by atoms with Crippen molar-refractivity contribution in [1.82, 2.24) is 0 Å².